The molecule has 0 N–H and O–H groups in total. The number of rotatable bonds is 14. The van der Waals surface area contributed by atoms with E-state index in [2.05, 4.69) is 37.9 Å². The molecule has 0 aliphatic carbocycles. The minimum Gasteiger partial charge on any atom is -0.342 e. The second kappa shape index (κ2) is 23.1. The van der Waals surface area contributed by atoms with Crippen LogP contribution in [0.3, 0.4) is 0 Å². The Balaban J connectivity index is 0.000000219. The molecule has 66 heavy (non-hydrogen) atoms. The molecule has 2 aromatic carbocycles. The van der Waals surface area contributed by atoms with Gasteiger partial charge in [-0.05, 0) is 99.2 Å². The number of hydrogen-bond donors (Lipinski definition) is 0. The highest BCUT2D eigenvalue weighted by atomic mass is 35.5. The van der Waals surface area contributed by atoms with E-state index in [4.69, 9.17) is 69.6 Å². The molecule has 0 unspecified atom stereocenters. The number of halogens is 6. The van der Waals surface area contributed by atoms with Crippen molar-refractivity contribution < 1.29 is 19.2 Å². The molecule has 5 heterocycles. The Labute approximate surface area is 423 Å². The van der Waals surface area contributed by atoms with Crippen LogP contribution in [0.2, 0.25) is 28.8 Å². The fourth-order valence-corrected chi connectivity index (χ4v) is 11.0. The summed E-state index contributed by atoms with van der Waals surface area (Å²) in [5.74, 6) is -0.345. The lowest BCUT2D eigenvalue weighted by Gasteiger charge is -2.26. The second-order valence-electron chi connectivity index (χ2n) is 16.9. The highest BCUT2D eigenvalue weighted by Gasteiger charge is 2.29. The number of benzene rings is 2. The number of amides is 2. The van der Waals surface area contributed by atoms with E-state index < -0.39 is 0 Å². The third kappa shape index (κ3) is 12.7. The lowest BCUT2D eigenvalue weighted by atomic mass is 10.1. The van der Waals surface area contributed by atoms with Gasteiger partial charge in [-0.1, -0.05) is 110 Å². The van der Waals surface area contributed by atoms with Gasteiger partial charge in [0.2, 0.25) is 11.8 Å². The van der Waals surface area contributed by atoms with Crippen molar-refractivity contribution in [2.45, 2.75) is 80.1 Å². The van der Waals surface area contributed by atoms with Gasteiger partial charge >= 0.3 is 0 Å². The quantitative estimate of drug-likeness (QED) is 0.0794. The molecular weight excluding hydrogens is 1000 g/mol. The normalized spacial score (nSPS) is 12.9. The standard InChI is InChI=1S/C25H28Cl3N3O2S.C23H22Cl3N3O2S/c1-14(2)12-30(13-15(3)4)23(33)11-20(32)24-16(5)25(21-8-9-22(28)34-21)31(29-24)19-7-6-17(26)10-18(19)27;1-14-22(18(30)13-21(31)28-10-4-2-3-5-11-28)27-29(17-7-6-15(24)12-16(17)25)23(14)19-8-9-20(26)32-19/h6-10,14-15H,11-13H2,1-5H3;6-9,12H,2-5,10-11,13H2,1H3. The Morgan fingerprint density at radius 2 is 1.03 bits per heavy atom. The summed E-state index contributed by atoms with van der Waals surface area (Å²) in [6.07, 6.45) is 3.76. The zero-order chi connectivity index (χ0) is 48.0. The summed E-state index contributed by atoms with van der Waals surface area (Å²) in [6, 6.07) is 17.6. The van der Waals surface area contributed by atoms with Crippen LogP contribution in [0.1, 0.15) is 98.3 Å². The molecule has 2 amide bonds. The summed E-state index contributed by atoms with van der Waals surface area (Å²) in [5, 5.41) is 11.0. The van der Waals surface area contributed by atoms with Gasteiger partial charge in [0.05, 0.1) is 64.1 Å². The molecule has 350 valence electrons. The summed E-state index contributed by atoms with van der Waals surface area (Å²) >= 11 is 40.2. The van der Waals surface area contributed by atoms with Crippen LogP contribution >= 0.6 is 92.3 Å². The first-order valence-corrected chi connectivity index (χ1v) is 25.5. The van der Waals surface area contributed by atoms with Gasteiger partial charge in [-0.3, -0.25) is 19.2 Å². The van der Waals surface area contributed by atoms with Crippen LogP contribution in [0.15, 0.2) is 60.7 Å². The van der Waals surface area contributed by atoms with Crippen LogP contribution in [0.5, 0.6) is 0 Å². The first kappa shape index (κ1) is 51.7. The second-order valence-corrected chi connectivity index (χ2v) is 22.1. The van der Waals surface area contributed by atoms with E-state index in [1.807, 2.05) is 26.0 Å². The highest BCUT2D eigenvalue weighted by Crippen LogP contribution is 2.39. The van der Waals surface area contributed by atoms with Crippen LogP contribution in [-0.4, -0.2) is 78.9 Å². The number of thiophene rings is 2. The first-order valence-electron chi connectivity index (χ1n) is 21.6. The van der Waals surface area contributed by atoms with Crippen LogP contribution in [0, 0.1) is 25.7 Å². The van der Waals surface area contributed by atoms with Gasteiger partial charge in [-0.2, -0.15) is 10.2 Å². The van der Waals surface area contributed by atoms with Crippen LogP contribution in [0.25, 0.3) is 32.5 Å². The summed E-state index contributed by atoms with van der Waals surface area (Å²) < 4.78 is 4.51. The van der Waals surface area contributed by atoms with Gasteiger partial charge in [0.15, 0.2) is 11.6 Å². The summed E-state index contributed by atoms with van der Waals surface area (Å²) in [7, 11) is 0. The minimum absolute atomic E-state index is 0.143. The minimum atomic E-state index is -0.326. The number of carbonyl (C=O) groups is 4. The lowest BCUT2D eigenvalue weighted by Crippen LogP contribution is -2.38. The van der Waals surface area contributed by atoms with Crippen molar-refractivity contribution in [3.63, 3.8) is 0 Å². The number of ketones is 2. The van der Waals surface area contributed by atoms with E-state index in [9.17, 15) is 19.2 Å². The fraction of sp³-hybridized carbons (Fsp3) is 0.375. The van der Waals surface area contributed by atoms with E-state index in [0.29, 0.717) is 95.0 Å². The van der Waals surface area contributed by atoms with Crippen molar-refractivity contribution in [3.05, 3.63) is 112 Å². The molecule has 18 heteroatoms. The molecule has 0 atom stereocenters. The topological polar surface area (TPSA) is 110 Å². The van der Waals surface area contributed by atoms with E-state index >= 15 is 0 Å². The van der Waals surface area contributed by atoms with E-state index in [1.54, 1.807) is 67.7 Å². The zero-order valence-corrected chi connectivity index (χ0v) is 43.6. The Hall–Kier alpha value is -3.72. The third-order valence-electron chi connectivity index (χ3n) is 10.8. The van der Waals surface area contributed by atoms with Crippen molar-refractivity contribution in [2.24, 2.45) is 11.8 Å². The maximum absolute atomic E-state index is 13.3. The molecule has 1 aliphatic rings. The van der Waals surface area contributed by atoms with Crippen molar-refractivity contribution >= 4 is 116 Å². The van der Waals surface area contributed by atoms with Gasteiger partial charge in [0.25, 0.3) is 0 Å². The van der Waals surface area contributed by atoms with Gasteiger partial charge < -0.3 is 9.80 Å². The molecule has 4 aromatic heterocycles. The highest BCUT2D eigenvalue weighted by molar-refractivity contribution is 7.19. The number of carbonyl (C=O) groups excluding carboxylic acids is 4. The Kier molecular flexibility index (Phi) is 18.0. The zero-order valence-electron chi connectivity index (χ0n) is 37.4. The third-order valence-corrected chi connectivity index (χ3v) is 14.3. The number of hydrogen-bond acceptors (Lipinski definition) is 8. The van der Waals surface area contributed by atoms with E-state index in [0.717, 1.165) is 41.1 Å². The van der Waals surface area contributed by atoms with Gasteiger partial charge in [0, 0.05) is 47.4 Å². The van der Waals surface area contributed by atoms with Crippen molar-refractivity contribution in [3.8, 4) is 32.5 Å². The predicted octanol–water partition coefficient (Wildman–Crippen LogP) is 14.4. The summed E-state index contributed by atoms with van der Waals surface area (Å²) in [4.78, 5) is 57.6. The van der Waals surface area contributed by atoms with Crippen molar-refractivity contribution in [2.75, 3.05) is 26.2 Å². The maximum Gasteiger partial charge on any atom is 0.230 e. The van der Waals surface area contributed by atoms with Crippen molar-refractivity contribution in [1.82, 2.24) is 29.4 Å². The first-order chi connectivity index (χ1) is 31.3. The number of aromatic nitrogens is 4. The number of Topliss-reactive ketones (excluding diaryl/α,β-unsaturated/α-hetero) is 2. The molecule has 1 saturated heterocycles. The monoisotopic (exact) mass is 1050 g/mol. The fourth-order valence-electron chi connectivity index (χ4n) is 7.78. The molecule has 0 spiro atoms. The van der Waals surface area contributed by atoms with E-state index in [1.165, 1.54) is 22.7 Å². The smallest absolute Gasteiger partial charge is 0.230 e. The largest absolute Gasteiger partial charge is 0.342 e. The lowest BCUT2D eigenvalue weighted by molar-refractivity contribution is -0.131. The molecule has 1 aliphatic heterocycles. The molecule has 10 nitrogen and oxygen atoms in total. The molecule has 6 aromatic rings. The van der Waals surface area contributed by atoms with Crippen LogP contribution in [0.4, 0.5) is 0 Å². The van der Waals surface area contributed by atoms with Gasteiger partial charge in [-0.25, -0.2) is 9.36 Å². The maximum atomic E-state index is 13.3. The summed E-state index contributed by atoms with van der Waals surface area (Å²) in [6.45, 7) is 14.5. The van der Waals surface area contributed by atoms with Crippen LogP contribution in [-0.2, 0) is 9.59 Å². The predicted molar refractivity (Wildman–Crippen MR) is 272 cm³/mol. The molecule has 1 fully saturated rings. The van der Waals surface area contributed by atoms with E-state index in [-0.39, 0.29) is 47.6 Å². The average Bonchev–Trinajstić information content (AvgIpc) is 3.97. The van der Waals surface area contributed by atoms with Crippen LogP contribution < -0.4 is 0 Å². The molecule has 0 bridgehead atoms. The Bertz CT molecular complexity index is 2720. The molecule has 7 rings (SSSR count). The molecule has 0 saturated carbocycles. The average molecular weight is 1050 g/mol. The molecular formula is C48H50Cl6N6O4S2. The van der Waals surface area contributed by atoms with Gasteiger partial charge in [0.1, 0.15) is 11.4 Å². The molecule has 0 radical (unpaired) electrons. The summed E-state index contributed by atoms with van der Waals surface area (Å²) in [5.41, 5.74) is 4.46. The SMILES string of the molecule is Cc1c(C(=O)CC(=O)N(CC(C)C)CC(C)C)nn(-c2ccc(Cl)cc2Cl)c1-c1ccc(Cl)s1.Cc1c(C(=O)CC(=O)N2CCCCCC2)nn(-c2ccc(Cl)cc2Cl)c1-c1ccc(Cl)s1. The Morgan fingerprint density at radius 3 is 1.41 bits per heavy atom. The Morgan fingerprint density at radius 1 is 0.606 bits per heavy atom. The number of nitrogens with zero attached hydrogens (tertiary/aromatic N) is 6. The van der Waals surface area contributed by atoms with Gasteiger partial charge in [-0.15, -0.1) is 22.7 Å². The van der Waals surface area contributed by atoms with Crippen molar-refractivity contribution in [1.29, 1.82) is 0 Å². The number of likely N-dealkylation sites (tertiary alicyclic amines) is 1.